The molecule has 2 aromatic rings. The Kier molecular flexibility index (Phi) is 6.10. The maximum atomic E-state index is 12.1. The number of carbonyl (C=O) groups excluding carboxylic acids is 1. The van der Waals surface area contributed by atoms with Crippen LogP contribution in [0.25, 0.3) is 0 Å². The Labute approximate surface area is 147 Å². The van der Waals surface area contributed by atoms with Gasteiger partial charge in [-0.2, -0.15) is 0 Å². The van der Waals surface area contributed by atoms with E-state index in [2.05, 4.69) is 5.32 Å². The first-order valence-electron chi connectivity index (χ1n) is 7.74. The molecule has 0 fully saturated rings. The average Bonchev–Trinajstić information content (AvgIpc) is 2.54. The molecule has 0 aliphatic heterocycles. The number of amides is 1. The van der Waals surface area contributed by atoms with Gasteiger partial charge in [0.15, 0.2) is 0 Å². The van der Waals surface area contributed by atoms with Crippen molar-refractivity contribution in [2.45, 2.75) is 27.2 Å². The highest BCUT2D eigenvalue weighted by Crippen LogP contribution is 2.31. The van der Waals surface area contributed by atoms with Gasteiger partial charge in [0.25, 0.3) is 0 Å². The summed E-state index contributed by atoms with van der Waals surface area (Å²) in [5.41, 5.74) is 3.66. The fraction of sp³-hybridized carbons (Fsp3) is 0.316. The second kappa shape index (κ2) is 8.06. The fourth-order valence-corrected chi connectivity index (χ4v) is 2.41. The number of aryl methyl sites for hydroxylation is 3. The number of nitrogens with one attached hydrogen (secondary N) is 1. The van der Waals surface area contributed by atoms with Gasteiger partial charge in [0, 0.05) is 11.1 Å². The van der Waals surface area contributed by atoms with Gasteiger partial charge in [-0.1, -0.05) is 23.7 Å². The van der Waals surface area contributed by atoms with E-state index in [9.17, 15) is 4.79 Å². The zero-order valence-corrected chi connectivity index (χ0v) is 15.2. The van der Waals surface area contributed by atoms with Gasteiger partial charge in [0.2, 0.25) is 5.91 Å². The summed E-state index contributed by atoms with van der Waals surface area (Å²) in [6, 6.07) is 9.50. The number of hydrogen-bond acceptors (Lipinski definition) is 3. The summed E-state index contributed by atoms with van der Waals surface area (Å²) in [5.74, 6) is 1.21. The number of ether oxygens (including phenoxy) is 2. The maximum Gasteiger partial charge on any atom is 0.227 e. The van der Waals surface area contributed by atoms with Gasteiger partial charge in [-0.05, 0) is 49.6 Å². The molecule has 4 nitrogen and oxygen atoms in total. The summed E-state index contributed by atoms with van der Waals surface area (Å²) in [4.78, 5) is 12.1. The second-order valence-electron chi connectivity index (χ2n) is 5.72. The van der Waals surface area contributed by atoms with Crippen molar-refractivity contribution in [1.82, 2.24) is 0 Å². The molecule has 1 amide bonds. The molecule has 0 aliphatic carbocycles. The number of anilines is 1. The Hall–Kier alpha value is -2.20. The van der Waals surface area contributed by atoms with Crippen LogP contribution in [0.3, 0.4) is 0 Å². The molecule has 2 aromatic carbocycles. The van der Waals surface area contributed by atoms with Crippen molar-refractivity contribution < 1.29 is 14.3 Å². The molecule has 0 saturated heterocycles. The zero-order chi connectivity index (χ0) is 17.7. The lowest BCUT2D eigenvalue weighted by molar-refractivity contribution is -0.116. The van der Waals surface area contributed by atoms with E-state index in [0.717, 1.165) is 22.4 Å². The predicted molar refractivity (Wildman–Crippen MR) is 97.4 cm³/mol. The minimum Gasteiger partial charge on any atom is -0.495 e. The van der Waals surface area contributed by atoms with Crippen LogP contribution in [0.15, 0.2) is 30.3 Å². The van der Waals surface area contributed by atoms with Crippen LogP contribution in [0.4, 0.5) is 5.69 Å². The fourth-order valence-electron chi connectivity index (χ4n) is 2.26. The molecule has 0 heterocycles. The van der Waals surface area contributed by atoms with Gasteiger partial charge < -0.3 is 14.8 Å². The summed E-state index contributed by atoms with van der Waals surface area (Å²) < 4.78 is 11.0. The van der Waals surface area contributed by atoms with Gasteiger partial charge in [0.1, 0.15) is 11.5 Å². The number of methoxy groups -OCH3 is 1. The van der Waals surface area contributed by atoms with Crippen molar-refractivity contribution in [2.75, 3.05) is 19.0 Å². The van der Waals surface area contributed by atoms with E-state index in [1.165, 1.54) is 0 Å². The number of benzene rings is 2. The summed E-state index contributed by atoms with van der Waals surface area (Å²) in [5, 5.41) is 3.44. The van der Waals surface area contributed by atoms with Crippen LogP contribution >= 0.6 is 11.6 Å². The van der Waals surface area contributed by atoms with E-state index in [-0.39, 0.29) is 12.3 Å². The number of rotatable bonds is 6. The third-order valence-electron chi connectivity index (χ3n) is 3.69. The first-order valence-corrected chi connectivity index (χ1v) is 8.12. The van der Waals surface area contributed by atoms with Crippen LogP contribution in [-0.4, -0.2) is 19.6 Å². The van der Waals surface area contributed by atoms with Crippen LogP contribution < -0.4 is 14.8 Å². The van der Waals surface area contributed by atoms with Crippen molar-refractivity contribution >= 4 is 23.2 Å². The van der Waals surface area contributed by atoms with Crippen molar-refractivity contribution in [3.63, 3.8) is 0 Å². The average molecular weight is 348 g/mol. The summed E-state index contributed by atoms with van der Waals surface area (Å²) in [7, 11) is 1.54. The molecule has 24 heavy (non-hydrogen) atoms. The normalized spacial score (nSPS) is 10.4. The zero-order valence-electron chi connectivity index (χ0n) is 14.4. The Balaban J connectivity index is 1.94. The molecule has 0 atom stereocenters. The van der Waals surface area contributed by atoms with Gasteiger partial charge in [-0.15, -0.1) is 0 Å². The number of hydrogen-bond donors (Lipinski definition) is 1. The third kappa shape index (κ3) is 4.65. The molecule has 5 heteroatoms. The molecular formula is C19H22ClNO3. The molecular weight excluding hydrogens is 326 g/mol. The maximum absolute atomic E-state index is 12.1. The predicted octanol–water partition coefficient (Wildman–Crippen LogP) is 4.68. The highest BCUT2D eigenvalue weighted by molar-refractivity contribution is 6.31. The molecule has 2 rings (SSSR count). The molecule has 0 spiro atoms. The summed E-state index contributed by atoms with van der Waals surface area (Å²) >= 11 is 6.07. The van der Waals surface area contributed by atoms with Crippen molar-refractivity contribution in [2.24, 2.45) is 0 Å². The standard InChI is InChI=1S/C19H22ClNO3/c1-12-5-6-13(2)17(9-12)24-8-7-19(22)21-16-10-14(3)15(20)11-18(16)23-4/h5-6,9-11H,7-8H2,1-4H3,(H,21,22). The molecule has 1 N–H and O–H groups in total. The van der Waals surface area contributed by atoms with E-state index in [1.807, 2.05) is 39.0 Å². The molecule has 0 unspecified atom stereocenters. The van der Waals surface area contributed by atoms with Crippen LogP contribution in [0, 0.1) is 20.8 Å². The van der Waals surface area contributed by atoms with Gasteiger partial charge in [-0.3, -0.25) is 4.79 Å². The van der Waals surface area contributed by atoms with Gasteiger partial charge in [-0.25, -0.2) is 0 Å². The molecule has 0 radical (unpaired) electrons. The smallest absolute Gasteiger partial charge is 0.227 e. The highest BCUT2D eigenvalue weighted by atomic mass is 35.5. The Bertz CT molecular complexity index is 744. The molecule has 0 aromatic heterocycles. The largest absolute Gasteiger partial charge is 0.495 e. The van der Waals surface area contributed by atoms with E-state index in [0.29, 0.717) is 23.1 Å². The van der Waals surface area contributed by atoms with E-state index in [4.69, 9.17) is 21.1 Å². The lowest BCUT2D eigenvalue weighted by Gasteiger charge is -2.13. The molecule has 0 bridgehead atoms. The van der Waals surface area contributed by atoms with E-state index >= 15 is 0 Å². The minimum absolute atomic E-state index is 0.139. The third-order valence-corrected chi connectivity index (χ3v) is 4.09. The Morgan fingerprint density at radius 3 is 2.54 bits per heavy atom. The lowest BCUT2D eigenvalue weighted by atomic mass is 10.1. The lowest BCUT2D eigenvalue weighted by Crippen LogP contribution is -2.16. The van der Waals surface area contributed by atoms with Gasteiger partial charge in [0.05, 0.1) is 25.8 Å². The quantitative estimate of drug-likeness (QED) is 0.825. The Morgan fingerprint density at radius 2 is 1.83 bits per heavy atom. The Morgan fingerprint density at radius 1 is 1.08 bits per heavy atom. The first-order chi connectivity index (χ1) is 11.4. The minimum atomic E-state index is -0.139. The molecule has 128 valence electrons. The van der Waals surface area contributed by atoms with Gasteiger partial charge >= 0.3 is 0 Å². The highest BCUT2D eigenvalue weighted by Gasteiger charge is 2.11. The van der Waals surface area contributed by atoms with Crippen LogP contribution in [-0.2, 0) is 4.79 Å². The number of halogens is 1. The molecule has 0 aliphatic rings. The van der Waals surface area contributed by atoms with Crippen LogP contribution in [0.5, 0.6) is 11.5 Å². The topological polar surface area (TPSA) is 47.6 Å². The summed E-state index contributed by atoms with van der Waals surface area (Å²) in [6.07, 6.45) is 0.248. The van der Waals surface area contributed by atoms with Crippen molar-refractivity contribution in [3.05, 3.63) is 52.0 Å². The van der Waals surface area contributed by atoms with Crippen LogP contribution in [0.2, 0.25) is 5.02 Å². The molecule has 0 saturated carbocycles. The van der Waals surface area contributed by atoms with Crippen LogP contribution in [0.1, 0.15) is 23.1 Å². The van der Waals surface area contributed by atoms with E-state index < -0.39 is 0 Å². The SMILES string of the molecule is COc1cc(Cl)c(C)cc1NC(=O)CCOc1cc(C)ccc1C. The van der Waals surface area contributed by atoms with E-state index in [1.54, 1.807) is 19.2 Å². The monoisotopic (exact) mass is 347 g/mol. The van der Waals surface area contributed by atoms with Crippen molar-refractivity contribution in [1.29, 1.82) is 0 Å². The first kappa shape index (κ1) is 18.1. The number of carbonyl (C=O) groups is 1. The van der Waals surface area contributed by atoms with Crippen molar-refractivity contribution in [3.8, 4) is 11.5 Å². The second-order valence-corrected chi connectivity index (χ2v) is 6.12. The summed E-state index contributed by atoms with van der Waals surface area (Å²) in [6.45, 7) is 6.18.